The maximum atomic E-state index is 10.5. The standard InChI is InChI=1S/C11H18O/c1-3-4-5-6-7-8-9-10-11(2)12/h3-6,9-10H2,1-2H3. The van der Waals surface area contributed by atoms with Gasteiger partial charge in [0, 0.05) is 19.3 Å². The summed E-state index contributed by atoms with van der Waals surface area (Å²) in [5, 5.41) is 0. The lowest BCUT2D eigenvalue weighted by Gasteiger charge is -1.88. The van der Waals surface area contributed by atoms with Crippen molar-refractivity contribution in [3.8, 4) is 11.8 Å². The molecule has 0 radical (unpaired) electrons. The van der Waals surface area contributed by atoms with Gasteiger partial charge in [-0.2, -0.15) is 0 Å². The first-order valence-corrected chi connectivity index (χ1v) is 4.72. The highest BCUT2D eigenvalue weighted by Crippen LogP contribution is 1.97. The highest BCUT2D eigenvalue weighted by molar-refractivity contribution is 5.75. The summed E-state index contributed by atoms with van der Waals surface area (Å²) < 4.78 is 0. The molecule has 0 bridgehead atoms. The predicted molar refractivity (Wildman–Crippen MR) is 51.8 cm³/mol. The van der Waals surface area contributed by atoms with Crippen LogP contribution in [0.25, 0.3) is 0 Å². The number of unbranched alkanes of at least 4 members (excludes halogenated alkanes) is 3. The summed E-state index contributed by atoms with van der Waals surface area (Å²) in [4.78, 5) is 10.5. The largest absolute Gasteiger partial charge is 0.300 e. The SMILES string of the molecule is CCCCCC#CCCC(C)=O. The molecule has 0 saturated carbocycles. The summed E-state index contributed by atoms with van der Waals surface area (Å²) in [6.07, 6.45) is 6.05. The average Bonchev–Trinajstić information content (AvgIpc) is 2.02. The molecule has 0 unspecified atom stereocenters. The van der Waals surface area contributed by atoms with Crippen LogP contribution in [0.1, 0.15) is 52.4 Å². The van der Waals surface area contributed by atoms with Crippen LogP contribution in [-0.4, -0.2) is 5.78 Å². The molecule has 12 heavy (non-hydrogen) atoms. The fourth-order valence-electron chi connectivity index (χ4n) is 0.879. The first-order chi connectivity index (χ1) is 5.77. The van der Waals surface area contributed by atoms with Gasteiger partial charge in [0.05, 0.1) is 0 Å². The van der Waals surface area contributed by atoms with E-state index in [0.717, 1.165) is 12.8 Å². The van der Waals surface area contributed by atoms with E-state index in [-0.39, 0.29) is 5.78 Å². The second-order valence-electron chi connectivity index (χ2n) is 3.01. The minimum atomic E-state index is 0.234. The molecule has 0 N–H and O–H groups in total. The summed E-state index contributed by atoms with van der Waals surface area (Å²) in [7, 11) is 0. The number of hydrogen-bond donors (Lipinski definition) is 0. The monoisotopic (exact) mass is 166 g/mol. The summed E-state index contributed by atoms with van der Waals surface area (Å²) in [6.45, 7) is 3.79. The van der Waals surface area contributed by atoms with E-state index in [1.807, 2.05) is 0 Å². The van der Waals surface area contributed by atoms with Crippen molar-refractivity contribution < 1.29 is 4.79 Å². The van der Waals surface area contributed by atoms with E-state index >= 15 is 0 Å². The van der Waals surface area contributed by atoms with Crippen LogP contribution >= 0.6 is 0 Å². The number of rotatable bonds is 5. The van der Waals surface area contributed by atoms with Crippen molar-refractivity contribution in [1.29, 1.82) is 0 Å². The van der Waals surface area contributed by atoms with Crippen LogP contribution in [0, 0.1) is 11.8 Å². The van der Waals surface area contributed by atoms with Gasteiger partial charge in [0.2, 0.25) is 0 Å². The normalized spacial score (nSPS) is 8.83. The Morgan fingerprint density at radius 1 is 1.17 bits per heavy atom. The molecule has 1 nitrogen and oxygen atoms in total. The Labute approximate surface area is 75.5 Å². The smallest absolute Gasteiger partial charge is 0.130 e. The van der Waals surface area contributed by atoms with Gasteiger partial charge in [-0.25, -0.2) is 0 Å². The molecule has 0 spiro atoms. The van der Waals surface area contributed by atoms with E-state index in [1.54, 1.807) is 6.92 Å². The topological polar surface area (TPSA) is 17.1 Å². The quantitative estimate of drug-likeness (QED) is 0.453. The Balaban J connectivity index is 3.17. The van der Waals surface area contributed by atoms with Crippen molar-refractivity contribution in [1.82, 2.24) is 0 Å². The highest BCUT2D eigenvalue weighted by Gasteiger charge is 1.87. The Morgan fingerprint density at radius 3 is 2.42 bits per heavy atom. The highest BCUT2D eigenvalue weighted by atomic mass is 16.1. The molecule has 0 aromatic carbocycles. The molecular formula is C11H18O. The second-order valence-corrected chi connectivity index (χ2v) is 3.01. The minimum absolute atomic E-state index is 0.234. The van der Waals surface area contributed by atoms with Gasteiger partial charge in [-0.15, -0.1) is 11.8 Å². The van der Waals surface area contributed by atoms with Gasteiger partial charge < -0.3 is 0 Å². The Bertz CT molecular complexity index is 171. The molecule has 0 fully saturated rings. The maximum Gasteiger partial charge on any atom is 0.130 e. The van der Waals surface area contributed by atoms with Crippen molar-refractivity contribution in [2.75, 3.05) is 0 Å². The van der Waals surface area contributed by atoms with Crippen LogP contribution in [0.2, 0.25) is 0 Å². The zero-order chi connectivity index (χ0) is 9.23. The number of Topliss-reactive ketones (excluding diaryl/α,β-unsaturated/α-hetero) is 1. The molecule has 0 aliphatic heterocycles. The third-order valence-electron chi connectivity index (χ3n) is 1.63. The molecule has 0 aliphatic rings. The minimum Gasteiger partial charge on any atom is -0.300 e. The zero-order valence-electron chi connectivity index (χ0n) is 8.15. The van der Waals surface area contributed by atoms with Gasteiger partial charge in [0.25, 0.3) is 0 Å². The maximum absolute atomic E-state index is 10.5. The van der Waals surface area contributed by atoms with Crippen molar-refractivity contribution in [3.05, 3.63) is 0 Å². The van der Waals surface area contributed by atoms with Gasteiger partial charge in [-0.05, 0) is 13.3 Å². The van der Waals surface area contributed by atoms with E-state index in [4.69, 9.17) is 0 Å². The first kappa shape index (κ1) is 11.2. The number of carbonyl (C=O) groups excluding carboxylic acids is 1. The van der Waals surface area contributed by atoms with Gasteiger partial charge >= 0.3 is 0 Å². The molecule has 0 aromatic heterocycles. The van der Waals surface area contributed by atoms with Gasteiger partial charge in [-0.1, -0.05) is 19.8 Å². The average molecular weight is 166 g/mol. The van der Waals surface area contributed by atoms with Crippen LogP contribution < -0.4 is 0 Å². The van der Waals surface area contributed by atoms with Crippen molar-refractivity contribution >= 4 is 5.78 Å². The summed E-state index contributed by atoms with van der Waals surface area (Å²) >= 11 is 0. The molecular weight excluding hydrogens is 148 g/mol. The summed E-state index contributed by atoms with van der Waals surface area (Å²) in [6, 6.07) is 0. The van der Waals surface area contributed by atoms with Crippen LogP contribution in [-0.2, 0) is 4.79 Å². The molecule has 0 heterocycles. The van der Waals surface area contributed by atoms with Crippen molar-refractivity contribution in [2.45, 2.75) is 52.4 Å². The lowest BCUT2D eigenvalue weighted by Crippen LogP contribution is -1.86. The first-order valence-electron chi connectivity index (χ1n) is 4.72. The summed E-state index contributed by atoms with van der Waals surface area (Å²) in [5.74, 6) is 6.31. The second kappa shape index (κ2) is 8.33. The van der Waals surface area contributed by atoms with Crippen LogP contribution in [0.3, 0.4) is 0 Å². The van der Waals surface area contributed by atoms with E-state index in [0.29, 0.717) is 6.42 Å². The van der Waals surface area contributed by atoms with E-state index in [2.05, 4.69) is 18.8 Å². The van der Waals surface area contributed by atoms with Crippen LogP contribution in [0.15, 0.2) is 0 Å². The van der Waals surface area contributed by atoms with Crippen molar-refractivity contribution in [3.63, 3.8) is 0 Å². The fourth-order valence-corrected chi connectivity index (χ4v) is 0.879. The van der Waals surface area contributed by atoms with Crippen molar-refractivity contribution in [2.24, 2.45) is 0 Å². The lowest BCUT2D eigenvalue weighted by molar-refractivity contribution is -0.116. The van der Waals surface area contributed by atoms with Crippen LogP contribution in [0.4, 0.5) is 0 Å². The molecule has 0 rings (SSSR count). The van der Waals surface area contributed by atoms with Gasteiger partial charge in [0.15, 0.2) is 0 Å². The number of hydrogen-bond acceptors (Lipinski definition) is 1. The molecule has 0 atom stereocenters. The molecule has 0 aliphatic carbocycles. The number of ketones is 1. The Morgan fingerprint density at radius 2 is 1.83 bits per heavy atom. The predicted octanol–water partition coefficient (Wildman–Crippen LogP) is 2.94. The molecule has 0 amide bonds. The molecule has 0 aromatic rings. The van der Waals surface area contributed by atoms with Crippen LogP contribution in [0.5, 0.6) is 0 Å². The third kappa shape index (κ3) is 9.23. The molecule has 68 valence electrons. The Kier molecular flexibility index (Phi) is 7.79. The van der Waals surface area contributed by atoms with Gasteiger partial charge in [-0.3, -0.25) is 4.79 Å². The van der Waals surface area contributed by atoms with Gasteiger partial charge in [0.1, 0.15) is 5.78 Å². The lowest BCUT2D eigenvalue weighted by atomic mass is 10.2. The van der Waals surface area contributed by atoms with E-state index in [9.17, 15) is 4.79 Å². The fraction of sp³-hybridized carbons (Fsp3) is 0.727. The zero-order valence-corrected chi connectivity index (χ0v) is 8.15. The number of carbonyl (C=O) groups is 1. The van der Waals surface area contributed by atoms with E-state index < -0.39 is 0 Å². The molecule has 1 heteroatoms. The van der Waals surface area contributed by atoms with E-state index in [1.165, 1.54) is 19.3 Å². The summed E-state index contributed by atoms with van der Waals surface area (Å²) in [5.41, 5.74) is 0. The Hall–Kier alpha value is -0.770. The molecule has 0 saturated heterocycles. The third-order valence-corrected chi connectivity index (χ3v) is 1.63.